The van der Waals surface area contributed by atoms with Gasteiger partial charge in [0.25, 0.3) is 0 Å². The molecule has 6 nitrogen and oxygen atoms in total. The Bertz CT molecular complexity index is 381. The van der Waals surface area contributed by atoms with Crippen molar-refractivity contribution >= 4 is 0 Å². The molecule has 0 fully saturated rings. The van der Waals surface area contributed by atoms with E-state index in [0.29, 0.717) is 0 Å². The highest BCUT2D eigenvalue weighted by atomic mass is 19.1. The van der Waals surface area contributed by atoms with Gasteiger partial charge in [-0.25, -0.2) is 4.98 Å². The Hall–Kier alpha value is -1.69. The van der Waals surface area contributed by atoms with Gasteiger partial charge in [-0.1, -0.05) is 5.11 Å². The highest BCUT2D eigenvalue weighted by Crippen LogP contribution is 2.16. The largest absolute Gasteiger partial charge is 0.390 e. The number of rotatable bonds is 4. The predicted octanol–water partition coefficient (Wildman–Crippen LogP) is 0.925. The Morgan fingerprint density at radius 3 is 2.93 bits per heavy atom. The molecular formula is C8H9FN4O2. The van der Waals surface area contributed by atoms with Crippen LogP contribution in [0.5, 0.6) is 0 Å². The van der Waals surface area contributed by atoms with Crippen molar-refractivity contribution in [3.63, 3.8) is 0 Å². The molecule has 0 aliphatic heterocycles. The van der Waals surface area contributed by atoms with Crippen molar-refractivity contribution in [2.24, 2.45) is 5.11 Å². The van der Waals surface area contributed by atoms with Crippen LogP contribution in [0.2, 0.25) is 0 Å². The molecule has 0 bridgehead atoms. The van der Waals surface area contributed by atoms with E-state index in [4.69, 9.17) is 5.53 Å². The van der Waals surface area contributed by atoms with E-state index in [9.17, 15) is 14.6 Å². The summed E-state index contributed by atoms with van der Waals surface area (Å²) in [6.07, 6.45) is -1.38. The molecule has 2 N–H and O–H groups in total. The summed E-state index contributed by atoms with van der Waals surface area (Å²) in [7, 11) is 0. The third kappa shape index (κ3) is 3.17. The molecular weight excluding hydrogens is 203 g/mol. The molecule has 1 aromatic heterocycles. The fourth-order valence-corrected chi connectivity index (χ4v) is 1.04. The fraction of sp³-hybridized carbons (Fsp3) is 0.375. The first-order chi connectivity index (χ1) is 7.15. The molecule has 2 atom stereocenters. The summed E-state index contributed by atoms with van der Waals surface area (Å²) < 4.78 is 12.7. The van der Waals surface area contributed by atoms with Crippen molar-refractivity contribution in [1.29, 1.82) is 0 Å². The normalized spacial score (nSPS) is 14.1. The Morgan fingerprint density at radius 2 is 2.33 bits per heavy atom. The van der Waals surface area contributed by atoms with Crippen molar-refractivity contribution < 1.29 is 14.6 Å². The monoisotopic (exact) mass is 212 g/mol. The second-order valence-electron chi connectivity index (χ2n) is 2.84. The van der Waals surface area contributed by atoms with Gasteiger partial charge in [-0.05, 0) is 23.2 Å². The van der Waals surface area contributed by atoms with Crippen LogP contribution >= 0.6 is 0 Å². The number of aromatic nitrogens is 1. The second-order valence-corrected chi connectivity index (χ2v) is 2.84. The molecule has 0 aliphatic carbocycles. The van der Waals surface area contributed by atoms with Crippen LogP contribution in [0, 0.1) is 5.95 Å². The molecule has 0 saturated carbocycles. The van der Waals surface area contributed by atoms with Gasteiger partial charge in [-0.15, -0.1) is 0 Å². The topological polar surface area (TPSA) is 102 Å². The Labute approximate surface area is 84.6 Å². The Kier molecular flexibility index (Phi) is 3.99. The number of aliphatic hydroxyl groups is 2. The minimum atomic E-state index is -1.30. The number of halogens is 1. The molecule has 1 heterocycles. The molecule has 0 saturated heterocycles. The maximum atomic E-state index is 12.7. The van der Waals surface area contributed by atoms with Crippen LogP contribution in [0.15, 0.2) is 23.4 Å². The molecule has 80 valence electrons. The van der Waals surface area contributed by atoms with Gasteiger partial charge in [-0.3, -0.25) is 0 Å². The second kappa shape index (κ2) is 5.26. The summed E-state index contributed by atoms with van der Waals surface area (Å²) in [5.41, 5.74) is 8.19. The van der Waals surface area contributed by atoms with Crippen molar-refractivity contribution in [2.45, 2.75) is 12.2 Å². The van der Waals surface area contributed by atoms with E-state index in [1.165, 1.54) is 12.3 Å². The average Bonchev–Trinajstić information content (AvgIpc) is 2.24. The van der Waals surface area contributed by atoms with Gasteiger partial charge in [0.15, 0.2) is 0 Å². The maximum absolute atomic E-state index is 12.7. The van der Waals surface area contributed by atoms with Crippen molar-refractivity contribution in [2.75, 3.05) is 6.54 Å². The van der Waals surface area contributed by atoms with Crippen LogP contribution in [0.1, 0.15) is 11.7 Å². The lowest BCUT2D eigenvalue weighted by Gasteiger charge is -2.15. The summed E-state index contributed by atoms with van der Waals surface area (Å²) in [5.74, 6) is -0.748. The van der Waals surface area contributed by atoms with Crippen LogP contribution in [0.25, 0.3) is 10.4 Å². The lowest BCUT2D eigenvalue weighted by Crippen LogP contribution is -2.21. The molecule has 0 aliphatic rings. The van der Waals surface area contributed by atoms with E-state index in [1.807, 2.05) is 0 Å². The molecule has 1 rings (SSSR count). The van der Waals surface area contributed by atoms with Gasteiger partial charge in [-0.2, -0.15) is 4.39 Å². The molecule has 1 aromatic rings. The molecule has 0 spiro atoms. The highest BCUT2D eigenvalue weighted by Gasteiger charge is 2.17. The maximum Gasteiger partial charge on any atom is 0.213 e. The Morgan fingerprint density at radius 1 is 1.60 bits per heavy atom. The number of hydrogen-bond donors (Lipinski definition) is 2. The summed E-state index contributed by atoms with van der Waals surface area (Å²) in [6.45, 7) is -0.276. The molecule has 0 aromatic carbocycles. The van der Waals surface area contributed by atoms with E-state index in [0.717, 1.165) is 6.07 Å². The summed E-state index contributed by atoms with van der Waals surface area (Å²) in [5, 5.41) is 21.9. The van der Waals surface area contributed by atoms with Crippen molar-refractivity contribution in [1.82, 2.24) is 4.98 Å². The number of aliphatic hydroxyl groups excluding tert-OH is 2. The summed E-state index contributed by atoms with van der Waals surface area (Å²) in [4.78, 5) is 5.74. The van der Waals surface area contributed by atoms with Crippen LogP contribution in [0.4, 0.5) is 4.39 Å². The van der Waals surface area contributed by atoms with Gasteiger partial charge < -0.3 is 10.2 Å². The summed E-state index contributed by atoms with van der Waals surface area (Å²) >= 11 is 0. The Balaban J connectivity index is 2.75. The van der Waals surface area contributed by atoms with Crippen LogP contribution in [0.3, 0.4) is 0 Å². The fourth-order valence-electron chi connectivity index (χ4n) is 1.04. The number of nitrogens with zero attached hydrogens (tertiary/aromatic N) is 4. The summed E-state index contributed by atoms with van der Waals surface area (Å²) in [6, 6.07) is 2.37. The van der Waals surface area contributed by atoms with E-state index in [2.05, 4.69) is 15.0 Å². The van der Waals surface area contributed by atoms with Crippen LogP contribution in [-0.4, -0.2) is 27.8 Å². The number of hydrogen-bond acceptors (Lipinski definition) is 4. The van der Waals surface area contributed by atoms with E-state index < -0.39 is 18.2 Å². The zero-order valence-electron chi connectivity index (χ0n) is 7.66. The highest BCUT2D eigenvalue weighted by molar-refractivity contribution is 5.15. The first-order valence-corrected chi connectivity index (χ1v) is 4.13. The average molecular weight is 212 g/mol. The molecule has 0 radical (unpaired) electrons. The van der Waals surface area contributed by atoms with Gasteiger partial charge in [0.05, 0.1) is 12.6 Å². The SMILES string of the molecule is [N-]=[N+]=NCC(O)C(O)c1ccnc(F)c1. The van der Waals surface area contributed by atoms with E-state index in [-0.39, 0.29) is 12.1 Å². The van der Waals surface area contributed by atoms with Crippen LogP contribution in [-0.2, 0) is 0 Å². The first kappa shape index (κ1) is 11.4. The zero-order valence-corrected chi connectivity index (χ0v) is 7.66. The third-order valence-electron chi connectivity index (χ3n) is 1.79. The smallest absolute Gasteiger partial charge is 0.213 e. The van der Waals surface area contributed by atoms with Gasteiger partial charge in [0.2, 0.25) is 5.95 Å². The standard InChI is InChI=1S/C8H9FN4O2/c9-7-3-5(1-2-11-7)8(15)6(14)4-12-13-10/h1-3,6,8,14-15H,4H2. The van der Waals surface area contributed by atoms with Crippen LogP contribution < -0.4 is 0 Å². The van der Waals surface area contributed by atoms with Gasteiger partial charge >= 0.3 is 0 Å². The quantitative estimate of drug-likeness (QED) is 0.335. The van der Waals surface area contributed by atoms with Crippen molar-refractivity contribution in [3.05, 3.63) is 40.3 Å². The first-order valence-electron chi connectivity index (χ1n) is 4.13. The zero-order chi connectivity index (χ0) is 11.3. The van der Waals surface area contributed by atoms with Gasteiger partial charge in [0.1, 0.15) is 6.10 Å². The number of azide groups is 1. The predicted molar refractivity (Wildman–Crippen MR) is 49.2 cm³/mol. The van der Waals surface area contributed by atoms with E-state index in [1.54, 1.807) is 0 Å². The van der Waals surface area contributed by atoms with Gasteiger partial charge in [0, 0.05) is 11.1 Å². The minimum Gasteiger partial charge on any atom is -0.390 e. The lowest BCUT2D eigenvalue weighted by atomic mass is 10.1. The number of pyridine rings is 1. The molecule has 2 unspecified atom stereocenters. The molecule has 7 heteroatoms. The minimum absolute atomic E-state index is 0.183. The molecule has 0 amide bonds. The van der Waals surface area contributed by atoms with Crippen molar-refractivity contribution in [3.8, 4) is 0 Å². The lowest BCUT2D eigenvalue weighted by molar-refractivity contribution is 0.0241. The third-order valence-corrected chi connectivity index (χ3v) is 1.79. The molecule has 15 heavy (non-hydrogen) atoms. The van der Waals surface area contributed by atoms with E-state index >= 15 is 0 Å².